The zero-order chi connectivity index (χ0) is 19.3. The second-order valence-electron chi connectivity index (χ2n) is 6.80. The molecule has 0 bridgehead atoms. The lowest BCUT2D eigenvalue weighted by Gasteiger charge is -2.38. The Bertz CT molecular complexity index is 1060. The summed E-state index contributed by atoms with van der Waals surface area (Å²) in [6.45, 7) is 0. The van der Waals surface area contributed by atoms with Crippen molar-refractivity contribution in [2.24, 2.45) is 5.10 Å². The van der Waals surface area contributed by atoms with E-state index in [2.05, 4.69) is 0 Å². The van der Waals surface area contributed by atoms with E-state index >= 15 is 0 Å². The van der Waals surface area contributed by atoms with Crippen molar-refractivity contribution in [2.45, 2.75) is 18.7 Å². The molecule has 28 heavy (non-hydrogen) atoms. The fraction of sp³-hybridized carbons (Fsp3) is 0.136. The van der Waals surface area contributed by atoms with Crippen molar-refractivity contribution in [2.75, 3.05) is 0 Å². The monoisotopic (exact) mass is 412 g/mol. The molecule has 3 aromatic rings. The van der Waals surface area contributed by atoms with Crippen molar-refractivity contribution in [3.8, 4) is 5.75 Å². The number of nitrogens with zero attached hydrogens (tertiary/aromatic N) is 2. The smallest absolute Gasteiger partial charge is 0.218 e. The lowest BCUT2D eigenvalue weighted by atomic mass is 9.96. The Labute approximate surface area is 172 Å². The molecule has 2 aliphatic rings. The number of halogens is 3. The highest BCUT2D eigenvalue weighted by atomic mass is 35.5. The predicted octanol–water partition coefficient (Wildman–Crippen LogP) is 6.37. The van der Waals surface area contributed by atoms with E-state index in [4.69, 9.17) is 33.0 Å². The van der Waals surface area contributed by atoms with Crippen molar-refractivity contribution >= 4 is 28.9 Å². The zero-order valence-corrected chi connectivity index (χ0v) is 16.2. The van der Waals surface area contributed by atoms with E-state index in [1.54, 1.807) is 12.1 Å². The number of fused-ring (bicyclic) bond motifs is 3. The third kappa shape index (κ3) is 2.84. The quantitative estimate of drug-likeness (QED) is 0.487. The van der Waals surface area contributed by atoms with Crippen LogP contribution in [0.15, 0.2) is 71.8 Å². The Morgan fingerprint density at radius 1 is 0.964 bits per heavy atom. The Balaban J connectivity index is 1.63. The van der Waals surface area contributed by atoms with Crippen LogP contribution in [-0.4, -0.2) is 10.7 Å². The minimum absolute atomic E-state index is 0.0590. The lowest BCUT2D eigenvalue weighted by Crippen LogP contribution is -2.34. The van der Waals surface area contributed by atoms with E-state index in [9.17, 15) is 4.39 Å². The topological polar surface area (TPSA) is 24.8 Å². The summed E-state index contributed by atoms with van der Waals surface area (Å²) >= 11 is 12.4. The van der Waals surface area contributed by atoms with Crippen LogP contribution < -0.4 is 4.74 Å². The molecular formula is C22H15Cl2FN2O. The van der Waals surface area contributed by atoms with Crippen LogP contribution in [0.2, 0.25) is 10.0 Å². The first-order chi connectivity index (χ1) is 13.6. The van der Waals surface area contributed by atoms with Crippen LogP contribution in [0.1, 0.15) is 35.4 Å². The van der Waals surface area contributed by atoms with Gasteiger partial charge >= 0.3 is 0 Å². The van der Waals surface area contributed by atoms with Crippen molar-refractivity contribution < 1.29 is 9.13 Å². The van der Waals surface area contributed by atoms with E-state index < -0.39 is 12.0 Å². The van der Waals surface area contributed by atoms with Crippen molar-refractivity contribution in [1.82, 2.24) is 5.01 Å². The van der Waals surface area contributed by atoms with Gasteiger partial charge in [0.2, 0.25) is 6.23 Å². The third-order valence-electron chi connectivity index (χ3n) is 5.12. The first-order valence-corrected chi connectivity index (χ1v) is 9.68. The fourth-order valence-electron chi connectivity index (χ4n) is 3.79. The molecule has 2 heterocycles. The summed E-state index contributed by atoms with van der Waals surface area (Å²) in [5.74, 6) is 0.311. The molecule has 0 radical (unpaired) electrons. The molecule has 0 saturated carbocycles. The Kier molecular flexibility index (Phi) is 4.26. The first kappa shape index (κ1) is 17.5. The summed E-state index contributed by atoms with van der Waals surface area (Å²) in [5, 5.41) is 7.61. The van der Waals surface area contributed by atoms with Gasteiger partial charge in [-0.25, -0.2) is 9.40 Å². The number of ether oxygens (including phenoxy) is 1. The summed E-state index contributed by atoms with van der Waals surface area (Å²) in [7, 11) is 0. The van der Waals surface area contributed by atoms with Crippen LogP contribution in [0.5, 0.6) is 5.75 Å². The van der Waals surface area contributed by atoms with Gasteiger partial charge in [0.25, 0.3) is 0 Å². The Morgan fingerprint density at radius 2 is 1.75 bits per heavy atom. The van der Waals surface area contributed by atoms with E-state index in [0.29, 0.717) is 22.0 Å². The second kappa shape index (κ2) is 6.80. The molecule has 0 unspecified atom stereocenters. The maximum absolute atomic E-state index is 14.7. The average molecular weight is 413 g/mol. The molecule has 2 atom stereocenters. The van der Waals surface area contributed by atoms with Gasteiger partial charge in [-0.3, -0.25) is 0 Å². The number of rotatable bonds is 2. The van der Waals surface area contributed by atoms with E-state index in [1.807, 2.05) is 53.5 Å². The van der Waals surface area contributed by atoms with E-state index in [-0.39, 0.29) is 6.04 Å². The molecule has 0 aliphatic carbocycles. The zero-order valence-electron chi connectivity index (χ0n) is 14.6. The van der Waals surface area contributed by atoms with Gasteiger partial charge in [0.15, 0.2) is 0 Å². The molecule has 6 heteroatoms. The van der Waals surface area contributed by atoms with Crippen LogP contribution >= 0.6 is 23.2 Å². The normalized spacial score (nSPS) is 20.2. The third-order valence-corrected chi connectivity index (χ3v) is 5.70. The van der Waals surface area contributed by atoms with Crippen LogP contribution in [-0.2, 0) is 0 Å². The lowest BCUT2D eigenvalue weighted by molar-refractivity contribution is -0.0211. The number of hydrogen-bond acceptors (Lipinski definition) is 3. The predicted molar refractivity (Wildman–Crippen MR) is 108 cm³/mol. The van der Waals surface area contributed by atoms with Gasteiger partial charge in [0.1, 0.15) is 11.6 Å². The Hall–Kier alpha value is -2.56. The number of benzene rings is 3. The van der Waals surface area contributed by atoms with Gasteiger partial charge in [-0.2, -0.15) is 5.10 Å². The molecule has 0 amide bonds. The van der Waals surface area contributed by atoms with Gasteiger partial charge in [0, 0.05) is 17.0 Å². The molecule has 140 valence electrons. The second-order valence-corrected chi connectivity index (χ2v) is 7.64. The van der Waals surface area contributed by atoms with Crippen LogP contribution in [0.25, 0.3) is 0 Å². The van der Waals surface area contributed by atoms with E-state index in [0.717, 1.165) is 22.6 Å². The van der Waals surface area contributed by atoms with Crippen LogP contribution in [0.3, 0.4) is 0 Å². The summed E-state index contributed by atoms with van der Waals surface area (Å²) in [5.41, 5.74) is 3.21. The maximum atomic E-state index is 14.7. The molecule has 0 spiro atoms. The molecule has 2 aliphatic heterocycles. The summed E-state index contributed by atoms with van der Waals surface area (Å²) in [6.07, 6.45) is -0.0525. The minimum Gasteiger partial charge on any atom is -0.464 e. The van der Waals surface area contributed by atoms with Crippen LogP contribution in [0.4, 0.5) is 4.39 Å². The molecule has 3 nitrogen and oxygen atoms in total. The molecule has 0 aromatic heterocycles. The average Bonchev–Trinajstić information content (AvgIpc) is 3.14. The van der Waals surface area contributed by atoms with Gasteiger partial charge in [0.05, 0.1) is 22.3 Å². The highest BCUT2D eigenvalue weighted by molar-refractivity contribution is 6.31. The molecule has 3 aromatic carbocycles. The Morgan fingerprint density at radius 3 is 2.54 bits per heavy atom. The molecule has 0 fully saturated rings. The number of hydrazone groups is 1. The maximum Gasteiger partial charge on any atom is 0.218 e. The molecule has 0 N–H and O–H groups in total. The summed E-state index contributed by atoms with van der Waals surface area (Å²) in [6, 6.07) is 19.9. The van der Waals surface area contributed by atoms with Gasteiger partial charge in [-0.05, 0) is 35.9 Å². The molecular weight excluding hydrogens is 398 g/mol. The fourth-order valence-corrected chi connectivity index (χ4v) is 4.17. The summed E-state index contributed by atoms with van der Waals surface area (Å²) in [4.78, 5) is 0. The standard InChI is InChI=1S/C22H15Cl2FN2O/c23-14-10-8-13(9-11-14)18-12-19-15-4-1-2-7-20(15)28-22(27(19)26-18)21-16(24)5-3-6-17(21)25/h1-11,19,22H,12H2/t19-,22-/m1/s1. The van der Waals surface area contributed by atoms with Gasteiger partial charge in [-0.15, -0.1) is 0 Å². The van der Waals surface area contributed by atoms with Gasteiger partial charge in [-0.1, -0.05) is 59.6 Å². The van der Waals surface area contributed by atoms with Crippen molar-refractivity contribution in [3.05, 3.63) is 99.3 Å². The molecule has 5 rings (SSSR count). The van der Waals surface area contributed by atoms with Crippen molar-refractivity contribution in [1.29, 1.82) is 0 Å². The highest BCUT2D eigenvalue weighted by Crippen LogP contribution is 2.48. The highest BCUT2D eigenvalue weighted by Gasteiger charge is 2.42. The SMILES string of the molecule is Fc1cccc(Cl)c1[C@H]1Oc2ccccc2[C@H]2CC(c3ccc(Cl)cc3)=NN21. The number of para-hydroxylation sites is 1. The van der Waals surface area contributed by atoms with Gasteiger partial charge < -0.3 is 4.74 Å². The minimum atomic E-state index is -0.738. The van der Waals surface area contributed by atoms with Crippen molar-refractivity contribution in [3.63, 3.8) is 0 Å². The first-order valence-electron chi connectivity index (χ1n) is 8.93. The summed E-state index contributed by atoms with van der Waals surface area (Å²) < 4.78 is 20.8. The molecule has 0 saturated heterocycles. The largest absolute Gasteiger partial charge is 0.464 e. The number of hydrogen-bond donors (Lipinski definition) is 0. The van der Waals surface area contributed by atoms with E-state index in [1.165, 1.54) is 6.07 Å². The van der Waals surface area contributed by atoms with Crippen LogP contribution in [0, 0.1) is 5.82 Å².